The topological polar surface area (TPSA) is 50.9 Å². The van der Waals surface area contributed by atoms with Crippen LogP contribution in [0.3, 0.4) is 0 Å². The zero-order valence-corrected chi connectivity index (χ0v) is 12.5. The third-order valence-electron chi connectivity index (χ3n) is 3.24. The monoisotopic (exact) mass is 303 g/mol. The van der Waals surface area contributed by atoms with Crippen molar-refractivity contribution in [2.24, 2.45) is 0 Å². The first kappa shape index (κ1) is 13.2. The molecule has 0 saturated heterocycles. The Balaban J connectivity index is 1.97. The number of nitrogens with zero attached hydrogens (tertiary/aromatic N) is 1. The molecule has 102 valence electrons. The summed E-state index contributed by atoms with van der Waals surface area (Å²) < 4.78 is 0.806. The van der Waals surface area contributed by atoms with Gasteiger partial charge in [0, 0.05) is 39.4 Å². The molecule has 0 spiro atoms. The van der Waals surface area contributed by atoms with Crippen molar-refractivity contribution in [1.82, 2.24) is 4.98 Å². The number of nitrogen functional groups attached to an aromatic ring is 1. The molecule has 0 amide bonds. The molecule has 0 bridgehead atoms. The quantitative estimate of drug-likeness (QED) is 0.689. The summed E-state index contributed by atoms with van der Waals surface area (Å²) in [6.45, 7) is 2.12. The highest BCUT2D eigenvalue weighted by Gasteiger charge is 2.10. The minimum absolute atomic E-state index is 0.187. The van der Waals surface area contributed by atoms with Crippen LogP contribution in [0.15, 0.2) is 42.7 Å². The zero-order chi connectivity index (χ0) is 14.1. The van der Waals surface area contributed by atoms with Crippen LogP contribution in [-0.2, 0) is 0 Å². The summed E-state index contributed by atoms with van der Waals surface area (Å²) in [6.07, 6.45) is 3.57. The van der Waals surface area contributed by atoms with Crippen LogP contribution in [0.5, 0.6) is 0 Å². The van der Waals surface area contributed by atoms with Crippen molar-refractivity contribution >= 4 is 45.1 Å². The van der Waals surface area contributed by atoms with Crippen molar-refractivity contribution in [2.75, 3.05) is 11.1 Å². The lowest BCUT2D eigenvalue weighted by Gasteiger charge is -2.16. The first-order valence-corrected chi connectivity index (χ1v) is 7.48. The van der Waals surface area contributed by atoms with Gasteiger partial charge in [-0.05, 0) is 37.3 Å². The van der Waals surface area contributed by atoms with E-state index in [4.69, 9.17) is 17.3 Å². The maximum Gasteiger partial charge on any atom is 0.0932 e. The van der Waals surface area contributed by atoms with Crippen LogP contribution < -0.4 is 11.1 Å². The summed E-state index contributed by atoms with van der Waals surface area (Å²) in [5.41, 5.74) is 7.78. The summed E-state index contributed by atoms with van der Waals surface area (Å²) >= 11 is 7.58. The van der Waals surface area contributed by atoms with E-state index in [1.165, 1.54) is 4.88 Å². The molecule has 5 heteroatoms. The Labute approximate surface area is 126 Å². The minimum atomic E-state index is 0.187. The molecular formula is C15H14ClN3S. The molecule has 0 radical (unpaired) electrons. The Kier molecular flexibility index (Phi) is 3.51. The molecule has 3 rings (SSSR count). The number of rotatable bonds is 3. The third-order valence-corrected chi connectivity index (χ3v) is 4.66. The molecule has 0 aliphatic heterocycles. The van der Waals surface area contributed by atoms with Crippen molar-refractivity contribution in [2.45, 2.75) is 13.0 Å². The van der Waals surface area contributed by atoms with Crippen LogP contribution in [-0.4, -0.2) is 4.98 Å². The average molecular weight is 304 g/mol. The fraction of sp³-hybridized carbons (Fsp3) is 0.133. The number of anilines is 2. The van der Waals surface area contributed by atoms with Gasteiger partial charge >= 0.3 is 0 Å². The van der Waals surface area contributed by atoms with Crippen LogP contribution in [0.4, 0.5) is 11.4 Å². The molecule has 1 aromatic carbocycles. The summed E-state index contributed by atoms with van der Waals surface area (Å²) in [4.78, 5) is 5.34. The largest absolute Gasteiger partial charge is 0.398 e. The van der Waals surface area contributed by atoms with Crippen LogP contribution in [0.25, 0.3) is 10.8 Å². The summed E-state index contributed by atoms with van der Waals surface area (Å²) in [6, 6.07) is 10.0. The number of benzene rings is 1. The second kappa shape index (κ2) is 5.31. The lowest BCUT2D eigenvalue weighted by molar-refractivity contribution is 0.910. The third kappa shape index (κ3) is 2.44. The van der Waals surface area contributed by atoms with Gasteiger partial charge in [0.2, 0.25) is 0 Å². The average Bonchev–Trinajstić information content (AvgIpc) is 2.89. The van der Waals surface area contributed by atoms with Gasteiger partial charge in [0.25, 0.3) is 0 Å². The van der Waals surface area contributed by atoms with E-state index in [0.717, 1.165) is 26.5 Å². The Morgan fingerprint density at radius 2 is 2.05 bits per heavy atom. The highest BCUT2D eigenvalue weighted by atomic mass is 35.5. The number of halogens is 1. The van der Waals surface area contributed by atoms with Crippen molar-refractivity contribution in [1.29, 1.82) is 0 Å². The number of hydrogen-bond acceptors (Lipinski definition) is 4. The molecule has 0 fully saturated rings. The molecule has 3 N–H and O–H groups in total. The van der Waals surface area contributed by atoms with Crippen LogP contribution in [0.1, 0.15) is 17.8 Å². The second-order valence-corrected chi connectivity index (χ2v) is 6.38. The van der Waals surface area contributed by atoms with E-state index in [0.29, 0.717) is 0 Å². The molecule has 2 aromatic heterocycles. The van der Waals surface area contributed by atoms with Crippen molar-refractivity contribution < 1.29 is 0 Å². The lowest BCUT2D eigenvalue weighted by atomic mass is 10.1. The molecule has 0 saturated carbocycles. The van der Waals surface area contributed by atoms with Crippen molar-refractivity contribution in [3.05, 3.63) is 51.9 Å². The van der Waals surface area contributed by atoms with Crippen molar-refractivity contribution in [3.63, 3.8) is 0 Å². The van der Waals surface area contributed by atoms with E-state index < -0.39 is 0 Å². The number of fused-ring (bicyclic) bond motifs is 1. The van der Waals surface area contributed by atoms with Gasteiger partial charge in [0.1, 0.15) is 0 Å². The SMILES string of the molecule is CC(Nc1ccc(N)c2cnccc12)c1ccc(Cl)s1. The first-order valence-electron chi connectivity index (χ1n) is 6.29. The summed E-state index contributed by atoms with van der Waals surface area (Å²) in [5.74, 6) is 0. The van der Waals surface area contributed by atoms with Crippen molar-refractivity contribution in [3.8, 4) is 0 Å². The standard InChI is InChI=1S/C15H14ClN3S/c1-9(14-4-5-15(16)20-14)19-13-3-2-12(17)11-8-18-7-6-10(11)13/h2-9,19H,17H2,1H3. The number of nitrogens with two attached hydrogens (primary N) is 1. The smallest absolute Gasteiger partial charge is 0.0932 e. The number of aromatic nitrogens is 1. The number of hydrogen-bond donors (Lipinski definition) is 2. The van der Waals surface area contributed by atoms with Crippen LogP contribution in [0.2, 0.25) is 4.34 Å². The maximum atomic E-state index is 5.99. The van der Waals surface area contributed by atoms with Gasteiger partial charge in [-0.15, -0.1) is 11.3 Å². The minimum Gasteiger partial charge on any atom is -0.398 e. The number of thiophene rings is 1. The Morgan fingerprint density at radius 1 is 1.20 bits per heavy atom. The summed E-state index contributed by atoms with van der Waals surface area (Å²) in [7, 11) is 0. The molecule has 1 unspecified atom stereocenters. The normalized spacial score (nSPS) is 12.5. The second-order valence-electron chi connectivity index (χ2n) is 4.63. The van der Waals surface area contributed by atoms with Crippen LogP contribution >= 0.6 is 22.9 Å². The molecule has 0 aliphatic rings. The predicted molar refractivity (Wildman–Crippen MR) is 87.5 cm³/mol. The summed E-state index contributed by atoms with van der Waals surface area (Å²) in [5, 5.41) is 5.55. The number of nitrogens with one attached hydrogen (secondary N) is 1. The molecule has 3 aromatic rings. The fourth-order valence-corrected chi connectivity index (χ4v) is 3.27. The molecule has 3 nitrogen and oxygen atoms in total. The Hall–Kier alpha value is -1.78. The highest BCUT2D eigenvalue weighted by molar-refractivity contribution is 7.16. The number of pyridine rings is 1. The van der Waals surface area contributed by atoms with E-state index in [2.05, 4.69) is 17.2 Å². The van der Waals surface area contributed by atoms with Crippen LogP contribution in [0, 0.1) is 0 Å². The van der Waals surface area contributed by atoms with Gasteiger partial charge in [0.15, 0.2) is 0 Å². The molecule has 1 atom stereocenters. The first-order chi connectivity index (χ1) is 9.65. The molecule has 2 heterocycles. The van der Waals surface area contributed by atoms with Gasteiger partial charge in [0.05, 0.1) is 10.4 Å². The van der Waals surface area contributed by atoms with Gasteiger partial charge in [-0.1, -0.05) is 11.6 Å². The van der Waals surface area contributed by atoms with E-state index in [1.54, 1.807) is 23.7 Å². The molecule has 20 heavy (non-hydrogen) atoms. The van der Waals surface area contributed by atoms with Gasteiger partial charge in [-0.25, -0.2) is 0 Å². The van der Waals surface area contributed by atoms with Gasteiger partial charge in [-0.2, -0.15) is 0 Å². The lowest BCUT2D eigenvalue weighted by Crippen LogP contribution is -2.05. The van der Waals surface area contributed by atoms with E-state index in [1.807, 2.05) is 30.3 Å². The van der Waals surface area contributed by atoms with Gasteiger partial charge in [-0.3, -0.25) is 4.98 Å². The van der Waals surface area contributed by atoms with Gasteiger partial charge < -0.3 is 11.1 Å². The fourth-order valence-electron chi connectivity index (χ4n) is 2.20. The zero-order valence-electron chi connectivity index (χ0n) is 10.9. The Morgan fingerprint density at radius 3 is 2.80 bits per heavy atom. The Bertz CT molecular complexity index is 754. The molecule has 0 aliphatic carbocycles. The van der Waals surface area contributed by atoms with E-state index in [9.17, 15) is 0 Å². The maximum absolute atomic E-state index is 5.99. The highest BCUT2D eigenvalue weighted by Crippen LogP contribution is 2.32. The van der Waals surface area contributed by atoms with E-state index in [-0.39, 0.29) is 6.04 Å². The molecular weight excluding hydrogens is 290 g/mol. The predicted octanol–water partition coefficient (Wildman–Crippen LogP) is 4.71. The van der Waals surface area contributed by atoms with E-state index >= 15 is 0 Å².